The predicted octanol–water partition coefficient (Wildman–Crippen LogP) is 1.57. The van der Waals surface area contributed by atoms with Crippen LogP contribution in [0.3, 0.4) is 0 Å². The van der Waals surface area contributed by atoms with E-state index in [-0.39, 0.29) is 23.4 Å². The molecule has 138 valence electrons. The molecule has 2 aromatic rings. The molecule has 26 heavy (non-hydrogen) atoms. The molecule has 1 atom stereocenters. The highest BCUT2D eigenvalue weighted by molar-refractivity contribution is 8.23. The second-order valence-corrected chi connectivity index (χ2v) is 7.64. The average molecular weight is 393 g/mol. The van der Waals surface area contributed by atoms with Crippen molar-refractivity contribution in [3.05, 3.63) is 46.4 Å². The summed E-state index contributed by atoms with van der Waals surface area (Å²) in [4.78, 5) is 26.4. The summed E-state index contributed by atoms with van der Waals surface area (Å²) in [6.07, 6.45) is -0.282. The number of carbonyl (C=O) groups is 1. The van der Waals surface area contributed by atoms with Gasteiger partial charge in [-0.2, -0.15) is 0 Å². The number of hydrogen-bond donors (Lipinski definition) is 1. The van der Waals surface area contributed by atoms with Gasteiger partial charge < -0.3 is 9.84 Å². The SMILES string of the molecule is COC(=O)C[C@]1(O)CSC(=S)N1c1c(C)n(C)n(-c2ccccc2)c1=O. The van der Waals surface area contributed by atoms with Crippen LogP contribution in [0.1, 0.15) is 12.1 Å². The highest BCUT2D eigenvalue weighted by Crippen LogP contribution is 2.38. The van der Waals surface area contributed by atoms with E-state index in [1.165, 1.54) is 28.5 Å². The van der Waals surface area contributed by atoms with E-state index < -0.39 is 11.7 Å². The maximum Gasteiger partial charge on any atom is 0.310 e. The number of thioether (sulfide) groups is 1. The van der Waals surface area contributed by atoms with E-state index in [1.807, 2.05) is 30.3 Å². The van der Waals surface area contributed by atoms with E-state index in [2.05, 4.69) is 4.74 Å². The van der Waals surface area contributed by atoms with Crippen LogP contribution in [0.25, 0.3) is 5.69 Å². The van der Waals surface area contributed by atoms with E-state index in [1.54, 1.807) is 18.7 Å². The fourth-order valence-electron chi connectivity index (χ4n) is 3.02. The molecular formula is C17H19N3O4S2. The van der Waals surface area contributed by atoms with Crippen LogP contribution in [-0.4, -0.2) is 43.3 Å². The number of thiocarbonyl (C=S) groups is 1. The third-order valence-electron chi connectivity index (χ3n) is 4.43. The Morgan fingerprint density at radius 3 is 2.65 bits per heavy atom. The molecule has 0 saturated carbocycles. The summed E-state index contributed by atoms with van der Waals surface area (Å²) in [7, 11) is 3.02. The topological polar surface area (TPSA) is 76.7 Å². The van der Waals surface area contributed by atoms with Gasteiger partial charge in [-0.3, -0.25) is 19.2 Å². The first-order valence-corrected chi connectivity index (χ1v) is 9.30. The molecule has 0 amide bonds. The quantitative estimate of drug-likeness (QED) is 0.624. The Morgan fingerprint density at radius 2 is 2.04 bits per heavy atom. The van der Waals surface area contributed by atoms with E-state index in [0.717, 1.165) is 0 Å². The van der Waals surface area contributed by atoms with Crippen molar-refractivity contribution in [2.45, 2.75) is 19.1 Å². The van der Waals surface area contributed by atoms with Gasteiger partial charge in [0.25, 0.3) is 5.56 Å². The van der Waals surface area contributed by atoms with Crippen molar-refractivity contribution < 1.29 is 14.6 Å². The maximum absolute atomic E-state index is 13.2. The molecule has 0 aliphatic carbocycles. The van der Waals surface area contributed by atoms with Crippen molar-refractivity contribution >= 4 is 40.0 Å². The predicted molar refractivity (Wildman–Crippen MR) is 105 cm³/mol. The third-order valence-corrected chi connectivity index (χ3v) is 6.00. The third kappa shape index (κ3) is 2.95. The number of nitrogens with zero attached hydrogens (tertiary/aromatic N) is 3. The summed E-state index contributed by atoms with van der Waals surface area (Å²) in [6.45, 7) is 1.78. The molecule has 1 aromatic heterocycles. The second kappa shape index (κ2) is 6.90. The van der Waals surface area contributed by atoms with Crippen LogP contribution in [0, 0.1) is 6.92 Å². The number of aromatic nitrogens is 2. The number of hydrogen-bond acceptors (Lipinski definition) is 6. The number of para-hydroxylation sites is 1. The van der Waals surface area contributed by atoms with Gasteiger partial charge in [0.15, 0.2) is 5.72 Å². The van der Waals surface area contributed by atoms with Gasteiger partial charge in [0.1, 0.15) is 10.0 Å². The van der Waals surface area contributed by atoms with Crippen LogP contribution in [0.4, 0.5) is 5.69 Å². The Labute approximate surface area is 160 Å². The monoisotopic (exact) mass is 393 g/mol. The van der Waals surface area contributed by atoms with E-state index in [4.69, 9.17) is 12.2 Å². The van der Waals surface area contributed by atoms with Crippen molar-refractivity contribution in [3.63, 3.8) is 0 Å². The number of aliphatic hydroxyl groups is 1. The zero-order valence-corrected chi connectivity index (χ0v) is 16.3. The van der Waals surface area contributed by atoms with Crippen LogP contribution in [0.5, 0.6) is 0 Å². The molecule has 0 unspecified atom stereocenters. The van der Waals surface area contributed by atoms with Gasteiger partial charge in [0.05, 0.1) is 24.9 Å². The van der Waals surface area contributed by atoms with Crippen LogP contribution in [-0.2, 0) is 16.6 Å². The molecule has 3 rings (SSSR count). The van der Waals surface area contributed by atoms with Gasteiger partial charge in [-0.25, -0.2) is 4.68 Å². The smallest absolute Gasteiger partial charge is 0.310 e. The van der Waals surface area contributed by atoms with Gasteiger partial charge in [0, 0.05) is 12.8 Å². The van der Waals surface area contributed by atoms with Crippen molar-refractivity contribution in [3.8, 4) is 5.69 Å². The molecule has 2 heterocycles. The minimum atomic E-state index is -1.60. The number of esters is 1. The second-order valence-electron chi connectivity index (χ2n) is 6.04. The lowest BCUT2D eigenvalue weighted by molar-refractivity contribution is -0.144. The molecule has 1 fully saturated rings. The largest absolute Gasteiger partial charge is 0.469 e. The fraction of sp³-hybridized carbons (Fsp3) is 0.353. The molecule has 1 aromatic carbocycles. The molecule has 1 N–H and O–H groups in total. The van der Waals surface area contributed by atoms with Crippen molar-refractivity contribution in [2.75, 3.05) is 17.8 Å². The summed E-state index contributed by atoms with van der Waals surface area (Å²) in [5.41, 5.74) is -0.327. The molecule has 0 radical (unpaired) electrons. The Bertz CT molecular complexity index is 922. The van der Waals surface area contributed by atoms with Gasteiger partial charge in [-0.15, -0.1) is 0 Å². The standard InChI is InChI=1S/C17H19N3O4S2/c1-11-14(15(22)20(18(11)2)12-7-5-4-6-8-12)19-16(25)26-10-17(19,23)9-13(21)24-3/h4-8,23H,9-10H2,1-3H3/t17-/m0/s1. The Morgan fingerprint density at radius 1 is 1.38 bits per heavy atom. The summed E-state index contributed by atoms with van der Waals surface area (Å²) in [5, 5.41) is 11.1. The fourth-order valence-corrected chi connectivity index (χ4v) is 4.43. The van der Waals surface area contributed by atoms with Gasteiger partial charge in [-0.1, -0.05) is 42.2 Å². The number of rotatable bonds is 4. The van der Waals surface area contributed by atoms with Crippen LogP contribution in [0.15, 0.2) is 35.1 Å². The summed E-state index contributed by atoms with van der Waals surface area (Å²) < 4.78 is 8.25. The van der Waals surface area contributed by atoms with Crippen LogP contribution < -0.4 is 10.5 Å². The molecule has 0 spiro atoms. The van der Waals surface area contributed by atoms with E-state index in [0.29, 0.717) is 15.7 Å². The minimum absolute atomic E-state index is 0.181. The average Bonchev–Trinajstić information content (AvgIpc) is 3.02. The van der Waals surface area contributed by atoms with Gasteiger partial charge >= 0.3 is 5.97 Å². The Balaban J connectivity index is 2.16. The van der Waals surface area contributed by atoms with E-state index >= 15 is 0 Å². The molecule has 7 nitrogen and oxygen atoms in total. The molecule has 1 aliphatic rings. The minimum Gasteiger partial charge on any atom is -0.469 e. The van der Waals surface area contributed by atoms with Gasteiger partial charge in [-0.05, 0) is 19.1 Å². The molecule has 1 saturated heterocycles. The number of benzene rings is 1. The molecule has 1 aliphatic heterocycles. The molecular weight excluding hydrogens is 374 g/mol. The zero-order valence-electron chi connectivity index (χ0n) is 14.6. The van der Waals surface area contributed by atoms with Crippen LogP contribution in [0.2, 0.25) is 0 Å². The number of methoxy groups -OCH3 is 1. The number of ether oxygens (including phenoxy) is 1. The summed E-state index contributed by atoms with van der Waals surface area (Å²) >= 11 is 6.60. The first-order valence-electron chi connectivity index (χ1n) is 7.90. The van der Waals surface area contributed by atoms with Gasteiger partial charge in [0.2, 0.25) is 0 Å². The van der Waals surface area contributed by atoms with Crippen molar-refractivity contribution in [1.29, 1.82) is 0 Å². The first kappa shape index (κ1) is 18.7. The normalized spacial score (nSPS) is 19.8. The van der Waals surface area contributed by atoms with Crippen molar-refractivity contribution in [2.24, 2.45) is 7.05 Å². The highest BCUT2D eigenvalue weighted by atomic mass is 32.2. The highest BCUT2D eigenvalue weighted by Gasteiger charge is 2.47. The molecule has 0 bridgehead atoms. The number of anilines is 1. The molecule has 9 heteroatoms. The lowest BCUT2D eigenvalue weighted by atomic mass is 10.1. The maximum atomic E-state index is 13.2. The lowest BCUT2D eigenvalue weighted by Gasteiger charge is -2.32. The van der Waals surface area contributed by atoms with E-state index in [9.17, 15) is 14.7 Å². The van der Waals surface area contributed by atoms with Crippen LogP contribution >= 0.6 is 24.0 Å². The Hall–Kier alpha value is -2.10. The first-order chi connectivity index (χ1) is 12.3. The summed E-state index contributed by atoms with van der Waals surface area (Å²) in [5.74, 6) is -0.389. The Kier molecular flexibility index (Phi) is 4.96. The lowest BCUT2D eigenvalue weighted by Crippen LogP contribution is -2.50. The summed E-state index contributed by atoms with van der Waals surface area (Å²) in [6, 6.07) is 9.19. The number of carbonyl (C=O) groups excluding carboxylic acids is 1. The van der Waals surface area contributed by atoms with Crippen molar-refractivity contribution in [1.82, 2.24) is 9.36 Å². The zero-order chi connectivity index (χ0) is 19.1.